The minimum Gasteiger partial charge on any atom is -0.389 e. The Kier molecular flexibility index (Phi) is 81.9. The van der Waals surface area contributed by atoms with Crippen LogP contribution in [0, 0.1) is 0 Å². The highest BCUT2D eigenvalue weighted by molar-refractivity contribution is 4.68. The van der Waals surface area contributed by atoms with Crippen molar-refractivity contribution in [3.8, 4) is 0 Å². The Hall–Kier alpha value is -0.640. The summed E-state index contributed by atoms with van der Waals surface area (Å²) in [7, 11) is 0. The number of aliphatic hydroxyl groups excluding tert-OH is 2. The molecule has 1 heterocycles. The van der Waals surface area contributed by atoms with Crippen LogP contribution in [0.2, 0.25) is 0 Å². The number of epoxide rings is 1. The summed E-state index contributed by atoms with van der Waals surface area (Å²) in [5.74, 6) is 0. The van der Waals surface area contributed by atoms with Crippen LogP contribution in [0.3, 0.4) is 0 Å². The van der Waals surface area contributed by atoms with Gasteiger partial charge in [-0.15, -0.1) is 0 Å². The van der Waals surface area contributed by atoms with Crippen molar-refractivity contribution in [1.29, 1.82) is 0 Å². The molecule has 0 aromatic heterocycles. The second kappa shape index (κ2) is 80.7. The summed E-state index contributed by atoms with van der Waals surface area (Å²) in [6.07, 6.45) is 57.1. The van der Waals surface area contributed by atoms with Crippen LogP contribution in [0.15, 0.2) is 0 Å². The summed E-state index contributed by atoms with van der Waals surface area (Å²) in [6.45, 7) is 30.1. The van der Waals surface area contributed by atoms with Crippen molar-refractivity contribution >= 4 is 0 Å². The summed E-state index contributed by atoms with van der Waals surface area (Å²) < 4.78 is 55.6. The third-order valence-corrected chi connectivity index (χ3v) is 17.1. The third kappa shape index (κ3) is 87.5. The predicted molar refractivity (Wildman–Crippen MR) is 401 cm³/mol. The van der Waals surface area contributed by atoms with Crippen molar-refractivity contribution < 1.29 is 57.6 Å². The van der Waals surface area contributed by atoms with Gasteiger partial charge in [0, 0.05) is 57.1 Å². The highest BCUT2D eigenvalue weighted by Crippen LogP contribution is 2.17. The first-order valence-corrected chi connectivity index (χ1v) is 40.6. The average molecular weight is 1360 g/mol. The highest BCUT2D eigenvalue weighted by Gasteiger charge is 2.22. The van der Waals surface area contributed by atoms with Crippen molar-refractivity contribution in [2.45, 2.75) is 387 Å². The van der Waals surface area contributed by atoms with Crippen LogP contribution in [-0.2, 0) is 47.4 Å². The van der Waals surface area contributed by atoms with Crippen molar-refractivity contribution in [3.63, 3.8) is 0 Å². The van der Waals surface area contributed by atoms with Gasteiger partial charge in [-0.2, -0.15) is 0 Å². The molecule has 8 N–H and O–H groups in total. The van der Waals surface area contributed by atoms with E-state index in [2.05, 4.69) is 45.3 Å². The van der Waals surface area contributed by atoms with Gasteiger partial charge in [0.2, 0.25) is 0 Å². The standard InChI is InChI=1S/C49H102N2O7.C19H38O2.C11H26N2O3/c1-6-8-10-12-14-16-18-20-22-24-26-28-30-32-34-54-43-48(52)38-50-45(3)40-56-36-37-58-47(5)42-57-41-46(4)51-39-49(53)44-55-35-33-31-29-27-25-23-21-19-17-15-13-11-9-7-2;1-2-3-4-5-6-7-8-9-10-11-12-13-14-15-16-20-17-19-18-21-19;1-9(12)6-14-4-5-16-11(3)8-15-7-10(2)13/h45-53H,6-44H2,1-5H3;19H,2-18H2,1H3;9-11H,4-8,12-13H2,1-3H3. The van der Waals surface area contributed by atoms with Crippen LogP contribution in [0.1, 0.15) is 332 Å². The van der Waals surface area contributed by atoms with Crippen molar-refractivity contribution in [2.75, 3.05) is 125 Å². The maximum absolute atomic E-state index is 10.3. The first-order valence-electron chi connectivity index (χ1n) is 40.6. The third-order valence-electron chi connectivity index (χ3n) is 17.1. The number of unbranched alkanes of at least 4 members (excludes halogenated alkanes) is 39. The van der Waals surface area contributed by atoms with Crippen LogP contribution in [0.4, 0.5) is 0 Å². The van der Waals surface area contributed by atoms with E-state index < -0.39 is 12.2 Å². The average Bonchev–Trinajstić information content (AvgIpc) is 3.87. The van der Waals surface area contributed by atoms with Crippen LogP contribution in [-0.4, -0.2) is 190 Å². The molecule has 9 unspecified atom stereocenters. The van der Waals surface area contributed by atoms with Gasteiger partial charge in [-0.3, -0.25) is 0 Å². The summed E-state index contributed by atoms with van der Waals surface area (Å²) >= 11 is 0. The lowest BCUT2D eigenvalue weighted by molar-refractivity contribution is -0.0349. The first kappa shape index (κ1) is 96.4. The number of rotatable bonds is 77. The molecule has 0 aromatic rings. The van der Waals surface area contributed by atoms with E-state index in [1.807, 2.05) is 27.7 Å². The second-order valence-corrected chi connectivity index (χ2v) is 28.4. The molecule has 0 bridgehead atoms. The number of nitrogens with one attached hydrogen (secondary N) is 2. The van der Waals surface area contributed by atoms with Crippen LogP contribution >= 0.6 is 0 Å². The zero-order chi connectivity index (χ0) is 69.8. The van der Waals surface area contributed by atoms with Gasteiger partial charge < -0.3 is 79.7 Å². The molecule has 9 atom stereocenters. The fourth-order valence-electron chi connectivity index (χ4n) is 11.0. The fraction of sp³-hybridized carbons (Fsp3) is 1.00. The maximum Gasteiger partial charge on any atom is 0.104 e. The molecule has 95 heavy (non-hydrogen) atoms. The van der Waals surface area contributed by atoms with Crippen molar-refractivity contribution in [3.05, 3.63) is 0 Å². The molecule has 0 aliphatic carbocycles. The lowest BCUT2D eigenvalue weighted by Gasteiger charge is -2.19. The molecule has 0 amide bonds. The molecule has 0 aromatic carbocycles. The largest absolute Gasteiger partial charge is 0.389 e. The molecular weight excluding hydrogens is 1200 g/mol. The van der Waals surface area contributed by atoms with E-state index in [-0.39, 0.29) is 36.4 Å². The van der Waals surface area contributed by atoms with E-state index in [0.29, 0.717) is 98.5 Å². The van der Waals surface area contributed by atoms with Gasteiger partial charge in [0.05, 0.1) is 117 Å². The van der Waals surface area contributed by atoms with Gasteiger partial charge in [-0.25, -0.2) is 0 Å². The summed E-state index contributed by atoms with van der Waals surface area (Å²) in [4.78, 5) is 0. The van der Waals surface area contributed by atoms with Gasteiger partial charge in [-0.1, -0.05) is 271 Å². The van der Waals surface area contributed by atoms with Gasteiger partial charge >= 0.3 is 0 Å². The molecule has 1 fully saturated rings. The molecule has 0 radical (unpaired) electrons. The summed E-state index contributed by atoms with van der Waals surface area (Å²) in [5.41, 5.74) is 11.1. The molecule has 1 rings (SSSR count). The van der Waals surface area contributed by atoms with Crippen LogP contribution in [0.5, 0.6) is 0 Å². The van der Waals surface area contributed by atoms with E-state index >= 15 is 0 Å². The van der Waals surface area contributed by atoms with E-state index in [4.69, 9.17) is 58.8 Å². The minimum atomic E-state index is -0.512. The number of hydrogen-bond donors (Lipinski definition) is 6. The maximum atomic E-state index is 10.3. The lowest BCUT2D eigenvalue weighted by Crippen LogP contribution is -2.39. The quantitative estimate of drug-likeness (QED) is 0.0247. The molecule has 574 valence electrons. The van der Waals surface area contributed by atoms with E-state index in [9.17, 15) is 10.2 Å². The predicted octanol–water partition coefficient (Wildman–Crippen LogP) is 17.1. The normalized spacial score (nSPS) is 15.6. The first-order chi connectivity index (χ1) is 46.3. The Morgan fingerprint density at radius 1 is 0.316 bits per heavy atom. The zero-order valence-corrected chi connectivity index (χ0v) is 64.5. The monoisotopic (exact) mass is 1360 g/mol. The van der Waals surface area contributed by atoms with Crippen molar-refractivity contribution in [2.24, 2.45) is 11.5 Å². The van der Waals surface area contributed by atoms with Crippen molar-refractivity contribution in [1.82, 2.24) is 10.6 Å². The molecule has 1 aliphatic heterocycles. The summed E-state index contributed by atoms with van der Waals surface area (Å²) in [5, 5.41) is 27.2. The Morgan fingerprint density at radius 3 is 0.874 bits per heavy atom. The zero-order valence-electron chi connectivity index (χ0n) is 64.5. The topological polar surface area (TPSA) is 212 Å². The van der Waals surface area contributed by atoms with Gasteiger partial charge in [0.1, 0.15) is 6.10 Å². The molecule has 1 aliphatic rings. The number of hydrogen-bond acceptors (Lipinski definition) is 16. The Balaban J connectivity index is 0. The highest BCUT2D eigenvalue weighted by atomic mass is 16.6. The SMILES string of the molecule is CC(N)COCCOC(C)COCC(C)N.CCCCCCCCCCCCCCCCOCC(O)CNC(C)COCCOC(C)COCC(C)NCC(O)COCCCCCCCCCCCCCCCC.CCCCCCCCCCCCCCCCOCC1CO1. The molecule has 16 nitrogen and oxygen atoms in total. The number of aliphatic hydroxyl groups is 2. The van der Waals surface area contributed by atoms with Gasteiger partial charge in [-0.05, 0) is 60.8 Å². The van der Waals surface area contributed by atoms with Gasteiger partial charge in [0.25, 0.3) is 0 Å². The second-order valence-electron chi connectivity index (χ2n) is 28.4. The van der Waals surface area contributed by atoms with Crippen LogP contribution < -0.4 is 22.1 Å². The van der Waals surface area contributed by atoms with E-state index in [1.54, 1.807) is 0 Å². The smallest absolute Gasteiger partial charge is 0.104 e. The van der Waals surface area contributed by atoms with E-state index in [1.165, 1.54) is 257 Å². The molecule has 0 spiro atoms. The van der Waals surface area contributed by atoms with E-state index in [0.717, 1.165) is 45.9 Å². The number of nitrogens with two attached hydrogens (primary N) is 2. The fourth-order valence-corrected chi connectivity index (χ4v) is 11.0. The number of ether oxygens (including phenoxy) is 10. The molecule has 1 saturated heterocycles. The summed E-state index contributed by atoms with van der Waals surface area (Å²) in [6, 6.07) is 0.409. The Labute approximate surface area is 589 Å². The van der Waals surface area contributed by atoms with Gasteiger partial charge in [0.15, 0.2) is 0 Å². The molecular formula is C79H166N4O12. The Bertz CT molecular complexity index is 1400. The molecule has 16 heteroatoms. The lowest BCUT2D eigenvalue weighted by atomic mass is 10.0. The minimum absolute atomic E-state index is 0.0278. The molecule has 0 saturated carbocycles. The van der Waals surface area contributed by atoms with Crippen LogP contribution in [0.25, 0.3) is 0 Å². The Morgan fingerprint density at radius 2 is 0.568 bits per heavy atom.